The van der Waals surface area contributed by atoms with Gasteiger partial charge in [-0.3, -0.25) is 4.79 Å². The number of hydrogen-bond donors (Lipinski definition) is 1. The number of allylic oxidation sites excluding steroid dienone is 5. The van der Waals surface area contributed by atoms with Gasteiger partial charge in [0.05, 0.1) is 0 Å². The van der Waals surface area contributed by atoms with Gasteiger partial charge in [-0.2, -0.15) is 0 Å². The zero-order chi connectivity index (χ0) is 19.8. The Morgan fingerprint density at radius 2 is 1.93 bits per heavy atom. The summed E-state index contributed by atoms with van der Waals surface area (Å²) >= 11 is 0. The van der Waals surface area contributed by atoms with E-state index in [1.807, 2.05) is 25.3 Å². The summed E-state index contributed by atoms with van der Waals surface area (Å²) in [5.74, 6) is 0.488. The average Bonchev–Trinajstić information content (AvgIpc) is 3.06. The van der Waals surface area contributed by atoms with E-state index in [9.17, 15) is 4.79 Å². The molecule has 1 aliphatic heterocycles. The first-order valence-corrected chi connectivity index (χ1v) is 10.5. The fourth-order valence-corrected chi connectivity index (χ4v) is 4.89. The molecular formula is C27H25NO. The molecule has 2 nitrogen and oxygen atoms in total. The van der Waals surface area contributed by atoms with Crippen LogP contribution in [0.2, 0.25) is 0 Å². The van der Waals surface area contributed by atoms with Gasteiger partial charge in [-0.25, -0.2) is 0 Å². The minimum Gasteiger partial charge on any atom is -0.364 e. The van der Waals surface area contributed by atoms with Crippen LogP contribution in [0, 0.1) is 5.92 Å². The van der Waals surface area contributed by atoms with E-state index in [0.29, 0.717) is 12.2 Å². The summed E-state index contributed by atoms with van der Waals surface area (Å²) in [7, 11) is 0. The van der Waals surface area contributed by atoms with Crippen LogP contribution in [0.25, 0.3) is 23.3 Å². The van der Waals surface area contributed by atoms with E-state index in [0.717, 1.165) is 18.5 Å². The van der Waals surface area contributed by atoms with Gasteiger partial charge in [0, 0.05) is 30.2 Å². The minimum atomic E-state index is -0.0338. The third kappa shape index (κ3) is 3.09. The second-order valence-corrected chi connectivity index (χ2v) is 7.99. The topological polar surface area (TPSA) is 29.1 Å². The Labute approximate surface area is 171 Å². The predicted molar refractivity (Wildman–Crippen MR) is 119 cm³/mol. The largest absolute Gasteiger partial charge is 0.364 e. The van der Waals surface area contributed by atoms with Crippen LogP contribution in [0.1, 0.15) is 36.8 Å². The molecular weight excluding hydrogens is 354 g/mol. The lowest BCUT2D eigenvalue weighted by molar-refractivity contribution is -0.121. The summed E-state index contributed by atoms with van der Waals surface area (Å²) in [4.78, 5) is 12.7. The van der Waals surface area contributed by atoms with Gasteiger partial charge in [-0.05, 0) is 57.7 Å². The Kier molecular flexibility index (Phi) is 4.55. The standard InChI is InChI=1S/C27H25NO/c1-2-27(29)19-16-24-22-12-11-18-8-5-6-9-20(18)21(22)13-14-23(24)25(17-19)26-10-4-3-7-15-28-26/h3-10,12-16,19,25,28H,2,11,17H2,1H3. The van der Waals surface area contributed by atoms with Crippen molar-refractivity contribution in [1.82, 2.24) is 5.32 Å². The molecule has 29 heavy (non-hydrogen) atoms. The van der Waals surface area contributed by atoms with Crippen molar-refractivity contribution in [2.24, 2.45) is 5.92 Å². The lowest BCUT2D eigenvalue weighted by Crippen LogP contribution is -2.39. The number of hydrogen-bond acceptors (Lipinski definition) is 2. The van der Waals surface area contributed by atoms with Crippen LogP contribution >= 0.6 is 0 Å². The summed E-state index contributed by atoms with van der Waals surface area (Å²) in [5.41, 5.74) is 6.46. The highest BCUT2D eigenvalue weighted by Crippen LogP contribution is 2.34. The number of ketones is 1. The molecule has 3 aliphatic rings. The molecule has 0 fully saturated rings. The first kappa shape index (κ1) is 17.9. The monoisotopic (exact) mass is 379 g/mol. The molecule has 2 atom stereocenters. The van der Waals surface area contributed by atoms with E-state index in [4.69, 9.17) is 0 Å². The van der Waals surface area contributed by atoms with Crippen molar-refractivity contribution in [3.8, 4) is 11.1 Å². The predicted octanol–water partition coefficient (Wildman–Crippen LogP) is 4.11. The van der Waals surface area contributed by atoms with Crippen LogP contribution in [0.3, 0.4) is 0 Å². The summed E-state index contributed by atoms with van der Waals surface area (Å²) in [6.07, 6.45) is 17.2. The van der Waals surface area contributed by atoms with Gasteiger partial charge in [0.15, 0.2) is 0 Å². The molecule has 2 aromatic rings. The fourth-order valence-electron chi connectivity index (χ4n) is 4.89. The van der Waals surface area contributed by atoms with Crippen LogP contribution in [0.15, 0.2) is 72.6 Å². The number of carbonyl (C=O) groups excluding carboxylic acids is 1. The van der Waals surface area contributed by atoms with Gasteiger partial charge in [0.2, 0.25) is 0 Å². The third-order valence-corrected chi connectivity index (χ3v) is 6.37. The van der Waals surface area contributed by atoms with E-state index in [1.165, 1.54) is 32.7 Å². The van der Waals surface area contributed by atoms with Crippen LogP contribution in [0.5, 0.6) is 0 Å². The lowest BCUT2D eigenvalue weighted by Gasteiger charge is -2.29. The Morgan fingerprint density at radius 3 is 2.83 bits per heavy atom. The molecule has 2 aliphatic carbocycles. The van der Waals surface area contributed by atoms with Crippen LogP contribution < -0.4 is 15.8 Å². The van der Waals surface area contributed by atoms with E-state index in [-0.39, 0.29) is 11.8 Å². The number of rotatable bonds is 3. The molecule has 0 aromatic heterocycles. The molecule has 0 bridgehead atoms. The van der Waals surface area contributed by atoms with E-state index in [1.54, 1.807) is 0 Å². The molecule has 5 rings (SSSR count). The van der Waals surface area contributed by atoms with Crippen LogP contribution in [0.4, 0.5) is 0 Å². The van der Waals surface area contributed by atoms with Gasteiger partial charge in [-0.1, -0.05) is 67.6 Å². The van der Waals surface area contributed by atoms with E-state index >= 15 is 0 Å². The summed E-state index contributed by atoms with van der Waals surface area (Å²) in [5, 5.41) is 5.99. The summed E-state index contributed by atoms with van der Waals surface area (Å²) < 4.78 is 0. The number of fused-ring (bicyclic) bond motifs is 5. The van der Waals surface area contributed by atoms with Gasteiger partial charge >= 0.3 is 0 Å². The second kappa shape index (κ2) is 7.36. The number of nitrogens with one attached hydrogen (secondary N) is 1. The van der Waals surface area contributed by atoms with Crippen molar-refractivity contribution >= 4 is 17.9 Å². The zero-order valence-electron chi connectivity index (χ0n) is 16.7. The van der Waals surface area contributed by atoms with Crippen LogP contribution in [-0.2, 0) is 11.2 Å². The fraction of sp³-hybridized carbons (Fsp3) is 0.222. The van der Waals surface area contributed by atoms with E-state index < -0.39 is 0 Å². The molecule has 0 saturated carbocycles. The molecule has 2 aromatic carbocycles. The molecule has 0 saturated heterocycles. The average molecular weight is 380 g/mol. The van der Waals surface area contributed by atoms with Crippen molar-refractivity contribution in [2.45, 2.75) is 32.1 Å². The van der Waals surface area contributed by atoms with Gasteiger partial charge in [0.1, 0.15) is 5.78 Å². The second-order valence-electron chi connectivity index (χ2n) is 7.99. The van der Waals surface area contributed by atoms with Crippen LogP contribution in [-0.4, -0.2) is 5.78 Å². The maximum Gasteiger partial charge on any atom is 0.139 e. The molecule has 1 heterocycles. The normalized spacial score (nSPS) is 21.3. The Balaban J connectivity index is 1.73. The highest BCUT2D eigenvalue weighted by molar-refractivity contribution is 5.87. The molecule has 0 radical (unpaired) electrons. The Hall–Kier alpha value is -3.13. The van der Waals surface area contributed by atoms with E-state index in [2.05, 4.69) is 66.0 Å². The maximum absolute atomic E-state index is 12.7. The molecule has 2 unspecified atom stereocenters. The molecule has 0 spiro atoms. The van der Waals surface area contributed by atoms with Crippen molar-refractivity contribution in [3.05, 3.63) is 94.2 Å². The third-order valence-electron chi connectivity index (χ3n) is 6.37. The van der Waals surface area contributed by atoms with Crippen molar-refractivity contribution < 1.29 is 4.79 Å². The Bertz CT molecular complexity index is 1200. The maximum atomic E-state index is 12.7. The Morgan fingerprint density at radius 1 is 1.03 bits per heavy atom. The highest BCUT2D eigenvalue weighted by atomic mass is 16.1. The minimum absolute atomic E-state index is 0.0338. The lowest BCUT2D eigenvalue weighted by atomic mass is 9.76. The van der Waals surface area contributed by atoms with Crippen molar-refractivity contribution in [2.75, 3.05) is 0 Å². The van der Waals surface area contributed by atoms with Gasteiger partial charge < -0.3 is 5.32 Å². The first-order chi connectivity index (χ1) is 14.3. The molecule has 0 amide bonds. The van der Waals surface area contributed by atoms with Crippen molar-refractivity contribution in [1.29, 1.82) is 0 Å². The quantitative estimate of drug-likeness (QED) is 0.870. The highest BCUT2D eigenvalue weighted by Gasteiger charge is 2.29. The summed E-state index contributed by atoms with van der Waals surface area (Å²) in [6, 6.07) is 13.2. The number of benzene rings is 2. The van der Waals surface area contributed by atoms with Gasteiger partial charge in [0.25, 0.3) is 0 Å². The van der Waals surface area contributed by atoms with Crippen molar-refractivity contribution in [3.63, 3.8) is 0 Å². The first-order valence-electron chi connectivity index (χ1n) is 10.5. The summed E-state index contributed by atoms with van der Waals surface area (Å²) in [6.45, 7) is 1.97. The molecule has 144 valence electrons. The smallest absolute Gasteiger partial charge is 0.139 e. The number of carbonyl (C=O) groups is 1. The van der Waals surface area contributed by atoms with Gasteiger partial charge in [-0.15, -0.1) is 0 Å². The molecule has 2 heteroatoms. The zero-order valence-corrected chi connectivity index (χ0v) is 16.7. The SMILES string of the molecule is CCC(=O)C1C=c2c(ccc3c2=CCc2ccccc2-3)C(C2=CC=CC=CN2)C1. The molecule has 1 N–H and O–H groups in total. The number of Topliss-reactive ketones (excluding diaryl/α,β-unsaturated/α-hetero) is 1.